The molecule has 0 bridgehead atoms. The average Bonchev–Trinajstić information content (AvgIpc) is 3.06. The summed E-state index contributed by atoms with van der Waals surface area (Å²) in [5, 5.41) is 7.44. The van der Waals surface area contributed by atoms with Crippen LogP contribution in [-0.4, -0.2) is 58.8 Å². The molecule has 24 heavy (non-hydrogen) atoms. The molecule has 3 heterocycles. The number of carbonyl (C=O) groups is 2. The van der Waals surface area contributed by atoms with Crippen LogP contribution in [0.1, 0.15) is 10.4 Å². The number of aromatic nitrogens is 2. The first-order chi connectivity index (χ1) is 11.7. The molecule has 4 rings (SSSR count). The Kier molecular flexibility index (Phi) is 3.70. The number of benzene rings is 1. The van der Waals surface area contributed by atoms with Gasteiger partial charge >= 0.3 is 0 Å². The van der Waals surface area contributed by atoms with Crippen molar-refractivity contribution in [2.45, 2.75) is 12.1 Å². The van der Waals surface area contributed by atoms with Crippen LogP contribution in [0.2, 0.25) is 0 Å². The van der Waals surface area contributed by atoms with Crippen LogP contribution in [0.5, 0.6) is 0 Å². The molecular weight excluding hydrogens is 308 g/mol. The van der Waals surface area contributed by atoms with Gasteiger partial charge in [0, 0.05) is 18.8 Å². The minimum absolute atomic E-state index is 0.0366. The first-order valence-corrected chi connectivity index (χ1v) is 7.79. The van der Waals surface area contributed by atoms with Crippen LogP contribution in [0.3, 0.4) is 0 Å². The molecule has 2 amide bonds. The number of amides is 2. The summed E-state index contributed by atoms with van der Waals surface area (Å²) in [6, 6.07) is 11.0. The fraction of sp³-hybridized carbons (Fsp3) is 0.294. The van der Waals surface area contributed by atoms with E-state index >= 15 is 0 Å². The second-order valence-corrected chi connectivity index (χ2v) is 5.86. The number of para-hydroxylation sites is 1. The van der Waals surface area contributed by atoms with Crippen molar-refractivity contribution in [3.05, 3.63) is 54.4 Å². The molecule has 0 radical (unpaired) electrons. The van der Waals surface area contributed by atoms with E-state index in [1.165, 1.54) is 12.4 Å². The highest BCUT2D eigenvalue weighted by Crippen LogP contribution is 2.29. The predicted molar refractivity (Wildman–Crippen MR) is 85.4 cm³/mol. The van der Waals surface area contributed by atoms with Gasteiger partial charge in [-0.2, -0.15) is 10.2 Å². The number of rotatable bonds is 2. The molecule has 2 fully saturated rings. The molecule has 2 aliphatic rings. The summed E-state index contributed by atoms with van der Waals surface area (Å²) in [6.07, 6.45) is 2.76. The molecule has 0 spiro atoms. The van der Waals surface area contributed by atoms with Gasteiger partial charge in [0.1, 0.15) is 6.61 Å². The van der Waals surface area contributed by atoms with Gasteiger partial charge in [-0.3, -0.25) is 9.59 Å². The Morgan fingerprint density at radius 2 is 1.96 bits per heavy atom. The summed E-state index contributed by atoms with van der Waals surface area (Å²) in [5.74, 6) is -0.203. The number of nitrogens with zero attached hydrogens (tertiary/aromatic N) is 4. The third-order valence-electron chi connectivity index (χ3n) is 4.41. The molecule has 0 N–H and O–H groups in total. The van der Waals surface area contributed by atoms with E-state index < -0.39 is 0 Å². The van der Waals surface area contributed by atoms with Crippen LogP contribution in [0.25, 0.3) is 0 Å². The smallest absolute Gasteiger partial charge is 0.255 e. The second-order valence-electron chi connectivity index (χ2n) is 5.86. The van der Waals surface area contributed by atoms with Gasteiger partial charge in [-0.25, -0.2) is 0 Å². The Morgan fingerprint density at radius 1 is 1.12 bits per heavy atom. The number of carbonyl (C=O) groups excluding carboxylic acids is 2. The van der Waals surface area contributed by atoms with Crippen LogP contribution in [-0.2, 0) is 9.53 Å². The standard InChI is InChI=1S/C17H16N4O3/c22-16-11-24-15-10-20(17(23)12-6-7-18-19-8-12)9-14(15)21(16)13-4-2-1-3-5-13/h1-8,14-15H,9-11H2/t14-,15-/m0/s1. The van der Waals surface area contributed by atoms with Gasteiger partial charge in [0.15, 0.2) is 0 Å². The van der Waals surface area contributed by atoms with Crippen molar-refractivity contribution in [3.8, 4) is 0 Å². The number of fused-ring (bicyclic) bond motifs is 1. The maximum absolute atomic E-state index is 12.6. The highest BCUT2D eigenvalue weighted by atomic mass is 16.5. The molecule has 2 aromatic rings. The highest BCUT2D eigenvalue weighted by molar-refractivity contribution is 5.97. The zero-order chi connectivity index (χ0) is 16.5. The lowest BCUT2D eigenvalue weighted by atomic mass is 10.1. The zero-order valence-corrected chi connectivity index (χ0v) is 12.9. The lowest BCUT2D eigenvalue weighted by Crippen LogP contribution is -2.54. The molecule has 0 unspecified atom stereocenters. The molecule has 122 valence electrons. The highest BCUT2D eigenvalue weighted by Gasteiger charge is 2.45. The quantitative estimate of drug-likeness (QED) is 0.814. The number of hydrogen-bond acceptors (Lipinski definition) is 5. The molecule has 2 saturated heterocycles. The van der Waals surface area contributed by atoms with E-state index in [0.29, 0.717) is 18.7 Å². The van der Waals surface area contributed by atoms with Crippen molar-refractivity contribution in [2.24, 2.45) is 0 Å². The predicted octanol–water partition coefficient (Wildman–Crippen LogP) is 0.733. The van der Waals surface area contributed by atoms with Gasteiger partial charge in [0.05, 0.1) is 30.1 Å². The van der Waals surface area contributed by atoms with E-state index in [1.807, 2.05) is 30.3 Å². The number of ether oxygens (including phenoxy) is 1. The zero-order valence-electron chi connectivity index (χ0n) is 12.9. The second kappa shape index (κ2) is 6.01. The van der Waals surface area contributed by atoms with Crippen molar-refractivity contribution in [1.82, 2.24) is 15.1 Å². The maximum Gasteiger partial charge on any atom is 0.255 e. The van der Waals surface area contributed by atoms with E-state index in [4.69, 9.17) is 4.74 Å². The minimum Gasteiger partial charge on any atom is -0.364 e. The third-order valence-corrected chi connectivity index (χ3v) is 4.41. The van der Waals surface area contributed by atoms with Crippen LogP contribution in [0.4, 0.5) is 5.69 Å². The molecule has 0 saturated carbocycles. The molecule has 1 aromatic carbocycles. The number of anilines is 1. The van der Waals surface area contributed by atoms with E-state index in [-0.39, 0.29) is 30.6 Å². The molecule has 2 aliphatic heterocycles. The van der Waals surface area contributed by atoms with Gasteiger partial charge in [0.25, 0.3) is 11.8 Å². The van der Waals surface area contributed by atoms with Crippen molar-refractivity contribution in [1.29, 1.82) is 0 Å². The van der Waals surface area contributed by atoms with E-state index in [9.17, 15) is 9.59 Å². The maximum atomic E-state index is 12.6. The van der Waals surface area contributed by atoms with Gasteiger partial charge in [-0.1, -0.05) is 18.2 Å². The summed E-state index contributed by atoms with van der Waals surface area (Å²) < 4.78 is 5.67. The molecule has 1 aromatic heterocycles. The molecule has 7 heteroatoms. The Labute approximate surface area is 138 Å². The summed E-state index contributed by atoms with van der Waals surface area (Å²) >= 11 is 0. The van der Waals surface area contributed by atoms with Crippen LogP contribution in [0.15, 0.2) is 48.8 Å². The molecular formula is C17H16N4O3. The summed E-state index contributed by atoms with van der Waals surface area (Å²) in [7, 11) is 0. The fourth-order valence-corrected chi connectivity index (χ4v) is 3.29. The summed E-state index contributed by atoms with van der Waals surface area (Å²) in [6.45, 7) is 0.934. The minimum atomic E-state index is -0.179. The first kappa shape index (κ1) is 14.8. The summed E-state index contributed by atoms with van der Waals surface area (Å²) in [4.78, 5) is 28.4. The summed E-state index contributed by atoms with van der Waals surface area (Å²) in [5.41, 5.74) is 1.32. The van der Waals surface area contributed by atoms with Crippen LogP contribution < -0.4 is 4.90 Å². The normalized spacial score (nSPS) is 23.2. The lowest BCUT2D eigenvalue weighted by molar-refractivity contribution is -0.130. The van der Waals surface area contributed by atoms with Gasteiger partial charge in [-0.05, 0) is 18.2 Å². The molecule has 2 atom stereocenters. The van der Waals surface area contributed by atoms with Crippen molar-refractivity contribution >= 4 is 17.5 Å². The largest absolute Gasteiger partial charge is 0.364 e. The Bertz CT molecular complexity index is 753. The van der Waals surface area contributed by atoms with Crippen LogP contribution in [0, 0.1) is 0 Å². The van der Waals surface area contributed by atoms with Gasteiger partial charge in [-0.15, -0.1) is 0 Å². The van der Waals surface area contributed by atoms with E-state index in [1.54, 1.807) is 15.9 Å². The molecule has 7 nitrogen and oxygen atoms in total. The number of hydrogen-bond donors (Lipinski definition) is 0. The van der Waals surface area contributed by atoms with E-state index in [0.717, 1.165) is 5.69 Å². The van der Waals surface area contributed by atoms with Crippen molar-refractivity contribution in [2.75, 3.05) is 24.6 Å². The fourth-order valence-electron chi connectivity index (χ4n) is 3.29. The number of morpholine rings is 1. The number of likely N-dealkylation sites (tertiary alicyclic amines) is 1. The topological polar surface area (TPSA) is 75.6 Å². The average molecular weight is 324 g/mol. The monoisotopic (exact) mass is 324 g/mol. The Hall–Kier alpha value is -2.80. The van der Waals surface area contributed by atoms with Crippen molar-refractivity contribution < 1.29 is 14.3 Å². The lowest BCUT2D eigenvalue weighted by Gasteiger charge is -2.36. The van der Waals surface area contributed by atoms with Crippen LogP contribution >= 0.6 is 0 Å². The SMILES string of the molecule is O=C(c1ccnnc1)N1C[C@@H]2OCC(=O)N(c3ccccc3)[C@H]2C1. The van der Waals surface area contributed by atoms with Gasteiger partial charge in [0.2, 0.25) is 0 Å². The Morgan fingerprint density at radius 3 is 2.71 bits per heavy atom. The van der Waals surface area contributed by atoms with Crippen molar-refractivity contribution in [3.63, 3.8) is 0 Å². The molecule has 0 aliphatic carbocycles. The Balaban J connectivity index is 1.59. The first-order valence-electron chi connectivity index (χ1n) is 7.79. The van der Waals surface area contributed by atoms with E-state index in [2.05, 4.69) is 10.2 Å². The third kappa shape index (κ3) is 2.52. The van der Waals surface area contributed by atoms with Gasteiger partial charge < -0.3 is 14.5 Å².